The van der Waals surface area contributed by atoms with Gasteiger partial charge in [0.25, 0.3) is 0 Å². The number of rotatable bonds is 3. The quantitative estimate of drug-likeness (QED) is 0.862. The second-order valence-corrected chi connectivity index (χ2v) is 8.47. The fourth-order valence-corrected chi connectivity index (χ4v) is 4.86. The summed E-state index contributed by atoms with van der Waals surface area (Å²) in [4.78, 5) is 12.2. The lowest BCUT2D eigenvalue weighted by atomic mass is 9.83. The van der Waals surface area contributed by atoms with Gasteiger partial charge in [0.2, 0.25) is 0 Å². The van der Waals surface area contributed by atoms with Gasteiger partial charge in [0.05, 0.1) is 25.5 Å². The molecular weight excluding hydrogens is 364 g/mol. The van der Waals surface area contributed by atoms with Crippen molar-refractivity contribution in [2.24, 2.45) is 5.92 Å². The predicted molar refractivity (Wildman–Crippen MR) is 112 cm³/mol. The summed E-state index contributed by atoms with van der Waals surface area (Å²) in [6, 6.07) is 10.2. The molecule has 3 aliphatic heterocycles. The smallest absolute Gasteiger partial charge is 0.159 e. The van der Waals surface area contributed by atoms with Gasteiger partial charge in [-0.15, -0.1) is 0 Å². The van der Waals surface area contributed by atoms with Crippen LogP contribution in [-0.4, -0.2) is 67.4 Å². The van der Waals surface area contributed by atoms with Crippen LogP contribution in [0.15, 0.2) is 36.5 Å². The van der Waals surface area contributed by atoms with Crippen molar-refractivity contribution in [3.05, 3.63) is 47.8 Å². The number of ether oxygens (including phenoxy) is 2. The van der Waals surface area contributed by atoms with Crippen molar-refractivity contribution in [2.75, 3.05) is 52.5 Å². The number of nitrogens with zero attached hydrogens (tertiary/aromatic N) is 3. The van der Waals surface area contributed by atoms with Crippen LogP contribution in [0.4, 0.5) is 0 Å². The summed E-state index contributed by atoms with van der Waals surface area (Å²) < 4.78 is 12.2. The van der Waals surface area contributed by atoms with Gasteiger partial charge in [0.1, 0.15) is 5.60 Å². The minimum atomic E-state index is -0.255. The van der Waals surface area contributed by atoms with E-state index < -0.39 is 0 Å². The highest BCUT2D eigenvalue weighted by Gasteiger charge is 2.42. The van der Waals surface area contributed by atoms with Crippen molar-refractivity contribution in [3.63, 3.8) is 0 Å². The van der Waals surface area contributed by atoms with E-state index in [4.69, 9.17) is 14.5 Å². The Morgan fingerprint density at radius 2 is 2.00 bits per heavy atom. The van der Waals surface area contributed by atoms with Crippen molar-refractivity contribution in [3.8, 4) is 11.4 Å². The zero-order chi connectivity index (χ0) is 19.5. The van der Waals surface area contributed by atoms with E-state index in [1.165, 1.54) is 5.56 Å². The summed E-state index contributed by atoms with van der Waals surface area (Å²) >= 11 is 0. The lowest BCUT2D eigenvalue weighted by Crippen LogP contribution is -2.49. The Morgan fingerprint density at radius 1 is 1.14 bits per heavy atom. The summed E-state index contributed by atoms with van der Waals surface area (Å²) in [6.45, 7) is 7.65. The predicted octanol–water partition coefficient (Wildman–Crippen LogP) is 2.24. The molecule has 154 valence electrons. The summed E-state index contributed by atoms with van der Waals surface area (Å²) in [5, 5.41) is 3.49. The van der Waals surface area contributed by atoms with Crippen LogP contribution in [0, 0.1) is 5.92 Å². The van der Waals surface area contributed by atoms with E-state index in [9.17, 15) is 0 Å². The number of fused-ring (bicyclic) bond motifs is 2. The molecule has 2 saturated heterocycles. The fraction of sp³-hybridized carbons (Fsp3) is 0.565. The average Bonchev–Trinajstić information content (AvgIpc) is 3.05. The Balaban J connectivity index is 1.32. The van der Waals surface area contributed by atoms with Crippen LogP contribution >= 0.6 is 0 Å². The molecule has 0 amide bonds. The molecular formula is C23H30N4O2. The highest BCUT2D eigenvalue weighted by molar-refractivity contribution is 5.55. The van der Waals surface area contributed by atoms with Crippen LogP contribution in [0.1, 0.15) is 24.1 Å². The van der Waals surface area contributed by atoms with Crippen molar-refractivity contribution in [1.29, 1.82) is 0 Å². The standard InChI is InChI=1S/C23H30N4O2/c1-2-4-19(5-3-1)22-25-15-20-6-12-29-23(21(20)26-22)7-10-27(11-8-23)16-18-14-24-9-13-28-17-18/h1-5,15,18,24H,6-14,16-17H2. The largest absolute Gasteiger partial charge is 0.380 e. The van der Waals surface area contributed by atoms with Gasteiger partial charge in [-0.3, -0.25) is 0 Å². The second-order valence-electron chi connectivity index (χ2n) is 8.47. The van der Waals surface area contributed by atoms with Crippen LogP contribution in [0.25, 0.3) is 11.4 Å². The topological polar surface area (TPSA) is 59.5 Å². The van der Waals surface area contributed by atoms with Crippen LogP contribution < -0.4 is 5.32 Å². The highest BCUT2D eigenvalue weighted by Crippen LogP contribution is 2.41. The van der Waals surface area contributed by atoms with Crippen LogP contribution in [-0.2, 0) is 21.5 Å². The molecule has 1 spiro atoms. The van der Waals surface area contributed by atoms with Gasteiger partial charge in [0, 0.05) is 50.4 Å². The molecule has 0 radical (unpaired) electrons. The monoisotopic (exact) mass is 394 g/mol. The van der Waals surface area contributed by atoms with E-state index in [0.29, 0.717) is 5.92 Å². The normalized spacial score (nSPS) is 24.8. The Bertz CT molecular complexity index is 813. The van der Waals surface area contributed by atoms with E-state index in [0.717, 1.165) is 88.9 Å². The molecule has 4 heterocycles. The van der Waals surface area contributed by atoms with Crippen molar-refractivity contribution in [1.82, 2.24) is 20.2 Å². The van der Waals surface area contributed by atoms with E-state index >= 15 is 0 Å². The first kappa shape index (κ1) is 19.1. The molecule has 1 aromatic heterocycles. The number of hydrogen-bond acceptors (Lipinski definition) is 6. The molecule has 3 aliphatic rings. The third kappa shape index (κ3) is 4.08. The number of piperidine rings is 1. The molecule has 6 heteroatoms. The number of aromatic nitrogens is 2. The van der Waals surface area contributed by atoms with E-state index in [-0.39, 0.29) is 5.60 Å². The van der Waals surface area contributed by atoms with E-state index in [1.54, 1.807) is 0 Å². The van der Waals surface area contributed by atoms with E-state index in [2.05, 4.69) is 27.3 Å². The highest BCUT2D eigenvalue weighted by atomic mass is 16.5. The first-order valence-corrected chi connectivity index (χ1v) is 10.9. The maximum atomic E-state index is 6.43. The molecule has 1 aromatic carbocycles. The van der Waals surface area contributed by atoms with Crippen molar-refractivity contribution in [2.45, 2.75) is 24.9 Å². The number of likely N-dealkylation sites (tertiary alicyclic amines) is 1. The molecule has 1 N–H and O–H groups in total. The maximum Gasteiger partial charge on any atom is 0.159 e. The summed E-state index contributed by atoms with van der Waals surface area (Å²) in [5.74, 6) is 1.37. The van der Waals surface area contributed by atoms with Crippen LogP contribution in [0.2, 0.25) is 0 Å². The summed E-state index contributed by atoms with van der Waals surface area (Å²) in [6.07, 6.45) is 4.91. The molecule has 0 aliphatic carbocycles. The third-order valence-electron chi connectivity index (χ3n) is 6.47. The molecule has 2 aromatic rings. The zero-order valence-corrected chi connectivity index (χ0v) is 17.0. The molecule has 1 unspecified atom stereocenters. The van der Waals surface area contributed by atoms with Gasteiger partial charge in [-0.2, -0.15) is 0 Å². The lowest BCUT2D eigenvalue weighted by molar-refractivity contribution is -0.103. The molecule has 5 rings (SSSR count). The Kier molecular flexibility index (Phi) is 5.59. The van der Waals surface area contributed by atoms with Gasteiger partial charge < -0.3 is 19.7 Å². The van der Waals surface area contributed by atoms with Crippen LogP contribution in [0.3, 0.4) is 0 Å². The van der Waals surface area contributed by atoms with E-state index in [1.807, 2.05) is 24.4 Å². The molecule has 0 saturated carbocycles. The molecule has 1 atom stereocenters. The number of nitrogens with one attached hydrogen (secondary N) is 1. The Morgan fingerprint density at radius 3 is 2.86 bits per heavy atom. The molecule has 2 fully saturated rings. The van der Waals surface area contributed by atoms with Crippen molar-refractivity contribution < 1.29 is 9.47 Å². The maximum absolute atomic E-state index is 6.43. The molecule has 6 nitrogen and oxygen atoms in total. The number of benzene rings is 1. The molecule has 0 bridgehead atoms. The summed E-state index contributed by atoms with van der Waals surface area (Å²) in [7, 11) is 0. The van der Waals surface area contributed by atoms with Gasteiger partial charge in [-0.1, -0.05) is 30.3 Å². The molecule has 29 heavy (non-hydrogen) atoms. The first-order chi connectivity index (χ1) is 14.3. The first-order valence-electron chi connectivity index (χ1n) is 10.9. The second kappa shape index (κ2) is 8.48. The third-order valence-corrected chi connectivity index (χ3v) is 6.47. The fourth-order valence-electron chi connectivity index (χ4n) is 4.86. The minimum Gasteiger partial charge on any atom is -0.380 e. The zero-order valence-electron chi connectivity index (χ0n) is 17.0. The van der Waals surface area contributed by atoms with Gasteiger partial charge in [-0.05, 0) is 24.8 Å². The Hall–Kier alpha value is -1.86. The average molecular weight is 395 g/mol. The minimum absolute atomic E-state index is 0.255. The summed E-state index contributed by atoms with van der Waals surface area (Å²) in [5.41, 5.74) is 3.19. The SMILES string of the molecule is c1ccc(-c2ncc3c(n2)C2(CCN(CC4CNCCOC4)CC2)OCC3)cc1. The van der Waals surface area contributed by atoms with Gasteiger partial charge in [-0.25, -0.2) is 9.97 Å². The van der Waals surface area contributed by atoms with Crippen molar-refractivity contribution >= 4 is 0 Å². The Labute approximate surface area is 172 Å². The van der Waals surface area contributed by atoms with Gasteiger partial charge >= 0.3 is 0 Å². The lowest BCUT2D eigenvalue weighted by Gasteiger charge is -2.44. The van der Waals surface area contributed by atoms with Gasteiger partial charge in [0.15, 0.2) is 5.82 Å². The van der Waals surface area contributed by atoms with Crippen LogP contribution in [0.5, 0.6) is 0 Å². The number of hydrogen-bond donors (Lipinski definition) is 1.